The molecule has 0 radical (unpaired) electrons. The van der Waals surface area contributed by atoms with E-state index in [1.54, 1.807) is 21.0 Å². The van der Waals surface area contributed by atoms with Gasteiger partial charge in [0, 0.05) is 56.8 Å². The van der Waals surface area contributed by atoms with E-state index >= 15 is 0 Å². The van der Waals surface area contributed by atoms with E-state index in [4.69, 9.17) is 4.74 Å². The number of amides is 1. The number of aryl methyl sites for hydroxylation is 1. The summed E-state index contributed by atoms with van der Waals surface area (Å²) in [5, 5.41) is 0.950. The minimum atomic E-state index is 0.0710. The van der Waals surface area contributed by atoms with Crippen LogP contribution in [-0.4, -0.2) is 65.9 Å². The Hall–Kier alpha value is -2.34. The van der Waals surface area contributed by atoms with Crippen molar-refractivity contribution in [1.29, 1.82) is 0 Å². The first-order valence-corrected chi connectivity index (χ1v) is 9.55. The molecule has 0 saturated carbocycles. The summed E-state index contributed by atoms with van der Waals surface area (Å²) in [7, 11) is 3.55. The average Bonchev–Trinajstić information content (AvgIpc) is 3.26. The first-order valence-electron chi connectivity index (χ1n) is 9.55. The fourth-order valence-electron chi connectivity index (χ4n) is 4.00. The number of ketones is 1. The molecule has 1 aliphatic heterocycles. The Morgan fingerprint density at radius 3 is 2.70 bits per heavy atom. The summed E-state index contributed by atoms with van der Waals surface area (Å²) < 4.78 is 7.66. The summed E-state index contributed by atoms with van der Waals surface area (Å²) in [6.07, 6.45) is 3.96. The summed E-state index contributed by atoms with van der Waals surface area (Å²) in [5.41, 5.74) is 1.73. The average molecular weight is 371 g/mol. The standard InChI is InChI=1S/C21H29N3O3/c1-15(25)19-14-24(21-18(19)7-5-8-20(21)27-4)11-6-10-23-12-9-17(13-23)22(3)16(2)26/h5,7-8,14,17H,6,9-13H2,1-4H3. The second-order valence-electron chi connectivity index (χ2n) is 7.38. The molecular formula is C21H29N3O3. The predicted octanol–water partition coefficient (Wildman–Crippen LogP) is 2.80. The lowest BCUT2D eigenvalue weighted by molar-refractivity contribution is -0.129. The molecule has 1 atom stereocenters. The van der Waals surface area contributed by atoms with Crippen LogP contribution in [0.25, 0.3) is 10.9 Å². The molecule has 6 heteroatoms. The number of rotatable bonds is 7. The topological polar surface area (TPSA) is 54.8 Å². The molecule has 0 N–H and O–H groups in total. The molecular weight excluding hydrogens is 342 g/mol. The molecule has 3 rings (SSSR count). The number of nitrogens with zero attached hydrogens (tertiary/aromatic N) is 3. The van der Waals surface area contributed by atoms with Crippen molar-refractivity contribution in [3.05, 3.63) is 30.0 Å². The van der Waals surface area contributed by atoms with Gasteiger partial charge in [-0.25, -0.2) is 0 Å². The lowest BCUT2D eigenvalue weighted by Gasteiger charge is -2.23. The maximum atomic E-state index is 12.0. The molecule has 2 aromatic rings. The van der Waals surface area contributed by atoms with Crippen LogP contribution in [0, 0.1) is 0 Å². The predicted molar refractivity (Wildman–Crippen MR) is 106 cm³/mol. The van der Waals surface area contributed by atoms with Crippen LogP contribution in [0.5, 0.6) is 5.75 Å². The molecule has 0 spiro atoms. The van der Waals surface area contributed by atoms with Crippen LogP contribution in [0.1, 0.15) is 37.0 Å². The molecule has 27 heavy (non-hydrogen) atoms. The van der Waals surface area contributed by atoms with Crippen molar-refractivity contribution >= 4 is 22.6 Å². The number of Topliss-reactive ketones (excluding diaryl/α,β-unsaturated/α-hetero) is 1. The molecule has 0 bridgehead atoms. The second-order valence-corrected chi connectivity index (χ2v) is 7.38. The summed E-state index contributed by atoms with van der Waals surface area (Å²) in [6, 6.07) is 6.16. The maximum Gasteiger partial charge on any atom is 0.219 e. The van der Waals surface area contributed by atoms with Crippen LogP contribution in [-0.2, 0) is 11.3 Å². The smallest absolute Gasteiger partial charge is 0.219 e. The fourth-order valence-corrected chi connectivity index (χ4v) is 4.00. The molecule has 1 saturated heterocycles. The van der Waals surface area contributed by atoms with Crippen LogP contribution in [0.2, 0.25) is 0 Å². The number of methoxy groups -OCH3 is 1. The van der Waals surface area contributed by atoms with E-state index in [2.05, 4.69) is 9.47 Å². The summed E-state index contributed by atoms with van der Waals surface area (Å²) >= 11 is 0. The third kappa shape index (κ3) is 4.00. The van der Waals surface area contributed by atoms with Gasteiger partial charge in [0.15, 0.2) is 5.78 Å². The highest BCUT2D eigenvalue weighted by Gasteiger charge is 2.26. The Labute approximate surface area is 160 Å². The van der Waals surface area contributed by atoms with E-state index in [1.807, 2.05) is 36.3 Å². The number of benzene rings is 1. The number of hydrogen-bond donors (Lipinski definition) is 0. The molecule has 146 valence electrons. The van der Waals surface area contributed by atoms with Crippen molar-refractivity contribution < 1.29 is 14.3 Å². The zero-order valence-corrected chi connectivity index (χ0v) is 16.7. The number of fused-ring (bicyclic) bond motifs is 1. The highest BCUT2D eigenvalue weighted by molar-refractivity contribution is 6.08. The van der Waals surface area contributed by atoms with Gasteiger partial charge in [-0.3, -0.25) is 9.59 Å². The number of carbonyl (C=O) groups excluding carboxylic acids is 2. The van der Waals surface area contributed by atoms with E-state index in [9.17, 15) is 9.59 Å². The van der Waals surface area contributed by atoms with Gasteiger partial charge in [-0.15, -0.1) is 0 Å². The SMILES string of the molecule is COc1cccc2c(C(C)=O)cn(CCCN3CCC(N(C)C(C)=O)C3)c12. The molecule has 6 nitrogen and oxygen atoms in total. The minimum Gasteiger partial charge on any atom is -0.495 e. The highest BCUT2D eigenvalue weighted by Crippen LogP contribution is 2.30. The second kappa shape index (κ2) is 8.13. The van der Waals surface area contributed by atoms with Gasteiger partial charge in [-0.1, -0.05) is 12.1 Å². The molecule has 2 heterocycles. The number of carbonyl (C=O) groups is 2. The number of ether oxygens (including phenoxy) is 1. The van der Waals surface area contributed by atoms with Gasteiger partial charge in [0.25, 0.3) is 0 Å². The van der Waals surface area contributed by atoms with Crippen LogP contribution >= 0.6 is 0 Å². The third-order valence-corrected chi connectivity index (χ3v) is 5.63. The van der Waals surface area contributed by atoms with E-state index in [0.29, 0.717) is 6.04 Å². The molecule has 1 fully saturated rings. The Bertz CT molecular complexity index is 843. The first kappa shape index (κ1) is 19.4. The Morgan fingerprint density at radius 2 is 2.04 bits per heavy atom. The van der Waals surface area contributed by atoms with Crippen molar-refractivity contribution in [2.45, 2.75) is 39.3 Å². The number of hydrogen-bond acceptors (Lipinski definition) is 4. The zero-order valence-electron chi connectivity index (χ0n) is 16.7. The van der Waals surface area contributed by atoms with Gasteiger partial charge in [0.2, 0.25) is 5.91 Å². The van der Waals surface area contributed by atoms with Gasteiger partial charge in [-0.05, 0) is 32.4 Å². The molecule has 0 aliphatic carbocycles. The Balaban J connectivity index is 1.67. The van der Waals surface area contributed by atoms with E-state index in [-0.39, 0.29) is 11.7 Å². The highest BCUT2D eigenvalue weighted by atomic mass is 16.5. The molecule has 1 aliphatic rings. The van der Waals surface area contributed by atoms with Crippen molar-refractivity contribution in [3.8, 4) is 5.75 Å². The van der Waals surface area contributed by atoms with Crippen molar-refractivity contribution in [2.75, 3.05) is 33.8 Å². The number of likely N-dealkylation sites (tertiary alicyclic amines) is 1. The van der Waals surface area contributed by atoms with Crippen molar-refractivity contribution in [2.24, 2.45) is 0 Å². The van der Waals surface area contributed by atoms with Crippen molar-refractivity contribution in [3.63, 3.8) is 0 Å². The lowest BCUT2D eigenvalue weighted by Crippen LogP contribution is -2.37. The van der Waals surface area contributed by atoms with Crippen LogP contribution < -0.4 is 4.74 Å². The summed E-state index contributed by atoms with van der Waals surface area (Å²) in [6.45, 7) is 7.00. The van der Waals surface area contributed by atoms with Crippen LogP contribution in [0.15, 0.2) is 24.4 Å². The van der Waals surface area contributed by atoms with Gasteiger partial charge in [-0.2, -0.15) is 0 Å². The number of likely N-dealkylation sites (N-methyl/N-ethyl adjacent to an activating group) is 1. The van der Waals surface area contributed by atoms with Gasteiger partial charge in [0.1, 0.15) is 5.75 Å². The van der Waals surface area contributed by atoms with Gasteiger partial charge >= 0.3 is 0 Å². The quantitative estimate of drug-likeness (QED) is 0.703. The van der Waals surface area contributed by atoms with Crippen molar-refractivity contribution in [1.82, 2.24) is 14.4 Å². The molecule has 1 aromatic carbocycles. The normalized spacial score (nSPS) is 17.4. The number of aromatic nitrogens is 1. The first-order chi connectivity index (χ1) is 12.9. The number of para-hydroxylation sites is 1. The van der Waals surface area contributed by atoms with Crippen LogP contribution in [0.4, 0.5) is 0 Å². The zero-order chi connectivity index (χ0) is 19.6. The Morgan fingerprint density at radius 1 is 1.26 bits per heavy atom. The van der Waals surface area contributed by atoms with Gasteiger partial charge in [0.05, 0.1) is 12.6 Å². The minimum absolute atomic E-state index is 0.0710. The lowest BCUT2D eigenvalue weighted by atomic mass is 10.1. The monoisotopic (exact) mass is 371 g/mol. The van der Waals surface area contributed by atoms with Crippen LogP contribution in [0.3, 0.4) is 0 Å². The van der Waals surface area contributed by atoms with E-state index in [0.717, 1.165) is 61.2 Å². The summed E-state index contributed by atoms with van der Waals surface area (Å²) in [4.78, 5) is 27.8. The molecule has 1 aromatic heterocycles. The largest absolute Gasteiger partial charge is 0.495 e. The van der Waals surface area contributed by atoms with Gasteiger partial charge < -0.3 is 19.1 Å². The van der Waals surface area contributed by atoms with E-state index < -0.39 is 0 Å². The maximum absolute atomic E-state index is 12.0. The molecule has 1 unspecified atom stereocenters. The molecule has 1 amide bonds. The fraction of sp³-hybridized carbons (Fsp3) is 0.524. The van der Waals surface area contributed by atoms with E-state index in [1.165, 1.54) is 0 Å². The Kier molecular flexibility index (Phi) is 5.85. The summed E-state index contributed by atoms with van der Waals surface area (Å²) in [5.74, 6) is 0.996. The third-order valence-electron chi connectivity index (χ3n) is 5.63.